The number of hydrogen-bond acceptors (Lipinski definition) is 4. The Bertz CT molecular complexity index is 299. The van der Waals surface area contributed by atoms with E-state index in [0.29, 0.717) is 24.7 Å². The molecule has 2 atom stereocenters. The minimum atomic E-state index is -0.384. The molecule has 2 heterocycles. The minimum Gasteiger partial charge on any atom is -0.459 e. The first kappa shape index (κ1) is 13.8. The van der Waals surface area contributed by atoms with Crippen molar-refractivity contribution in [3.63, 3.8) is 0 Å². The molecule has 104 valence electrons. The Balaban J connectivity index is 1.81. The van der Waals surface area contributed by atoms with Gasteiger partial charge in [0, 0.05) is 18.1 Å². The van der Waals surface area contributed by atoms with Gasteiger partial charge in [-0.15, -0.1) is 0 Å². The van der Waals surface area contributed by atoms with E-state index in [1.54, 1.807) is 0 Å². The van der Waals surface area contributed by atoms with Gasteiger partial charge in [-0.3, -0.25) is 9.69 Å². The summed E-state index contributed by atoms with van der Waals surface area (Å²) in [5.41, 5.74) is -0.384. The molecule has 0 aromatic carbocycles. The van der Waals surface area contributed by atoms with Gasteiger partial charge in [0.25, 0.3) is 0 Å². The monoisotopic (exact) mass is 254 g/mol. The van der Waals surface area contributed by atoms with Crippen LogP contribution in [0.3, 0.4) is 0 Å². The van der Waals surface area contributed by atoms with Gasteiger partial charge in [-0.2, -0.15) is 0 Å². The number of likely N-dealkylation sites (N-methyl/N-ethyl adjacent to an activating group) is 1. The molecule has 2 saturated heterocycles. The molecule has 0 aliphatic carbocycles. The standard InChI is InChI=1S/C14H26N2O2/c1-14(2,3)18-13(17)9-16(4)12-7-10-5-6-11(8-12)15-10/h10-12,15H,5-9H2,1-4H3. The minimum absolute atomic E-state index is 0.115. The summed E-state index contributed by atoms with van der Waals surface area (Å²) in [6.07, 6.45) is 4.91. The Hall–Kier alpha value is -0.610. The highest BCUT2D eigenvalue weighted by Crippen LogP contribution is 2.29. The van der Waals surface area contributed by atoms with Crippen LogP contribution >= 0.6 is 0 Å². The molecular weight excluding hydrogens is 228 g/mol. The second-order valence-electron chi connectivity index (χ2n) is 6.76. The van der Waals surface area contributed by atoms with Gasteiger partial charge in [-0.05, 0) is 53.5 Å². The maximum Gasteiger partial charge on any atom is 0.320 e. The summed E-state index contributed by atoms with van der Waals surface area (Å²) in [5.74, 6) is -0.115. The lowest BCUT2D eigenvalue weighted by Crippen LogP contribution is -2.48. The van der Waals surface area contributed by atoms with E-state index in [9.17, 15) is 4.79 Å². The van der Waals surface area contributed by atoms with Crippen LogP contribution in [0, 0.1) is 0 Å². The first-order valence-corrected chi connectivity index (χ1v) is 7.01. The maximum atomic E-state index is 11.8. The molecule has 0 aromatic rings. The molecule has 0 spiro atoms. The third kappa shape index (κ3) is 3.69. The molecule has 2 aliphatic heterocycles. The summed E-state index contributed by atoms with van der Waals surface area (Å²) >= 11 is 0. The van der Waals surface area contributed by atoms with Crippen molar-refractivity contribution in [1.29, 1.82) is 0 Å². The van der Waals surface area contributed by atoms with Crippen LogP contribution in [0.1, 0.15) is 46.5 Å². The zero-order valence-electron chi connectivity index (χ0n) is 12.0. The van der Waals surface area contributed by atoms with Crippen LogP contribution in [0.25, 0.3) is 0 Å². The third-order valence-corrected chi connectivity index (χ3v) is 3.87. The normalized spacial score (nSPS) is 31.7. The second kappa shape index (κ2) is 5.17. The van der Waals surface area contributed by atoms with Gasteiger partial charge >= 0.3 is 5.97 Å². The summed E-state index contributed by atoms with van der Waals surface area (Å²) in [4.78, 5) is 14.0. The van der Waals surface area contributed by atoms with Gasteiger partial charge in [0.05, 0.1) is 6.54 Å². The number of rotatable bonds is 3. The van der Waals surface area contributed by atoms with Crippen LogP contribution in [0.15, 0.2) is 0 Å². The van der Waals surface area contributed by atoms with E-state index in [0.717, 1.165) is 12.8 Å². The molecule has 0 amide bonds. The molecule has 18 heavy (non-hydrogen) atoms. The fourth-order valence-corrected chi connectivity index (χ4v) is 3.09. The van der Waals surface area contributed by atoms with Crippen molar-refractivity contribution in [1.82, 2.24) is 10.2 Å². The smallest absolute Gasteiger partial charge is 0.320 e. The molecule has 4 heteroatoms. The Labute approximate surface area is 110 Å². The second-order valence-corrected chi connectivity index (χ2v) is 6.76. The van der Waals surface area contributed by atoms with Crippen LogP contribution in [0.2, 0.25) is 0 Å². The number of nitrogens with zero attached hydrogens (tertiary/aromatic N) is 1. The zero-order valence-corrected chi connectivity index (χ0v) is 12.0. The van der Waals surface area contributed by atoms with Crippen LogP contribution < -0.4 is 5.32 Å². The number of esters is 1. The molecule has 2 fully saturated rings. The van der Waals surface area contributed by atoms with Gasteiger partial charge in [0.2, 0.25) is 0 Å². The number of carbonyl (C=O) groups excluding carboxylic acids is 1. The van der Waals surface area contributed by atoms with E-state index in [-0.39, 0.29) is 11.6 Å². The topological polar surface area (TPSA) is 41.6 Å². The van der Waals surface area contributed by atoms with Gasteiger partial charge in [-0.1, -0.05) is 0 Å². The molecule has 0 radical (unpaired) electrons. The molecule has 4 nitrogen and oxygen atoms in total. The lowest BCUT2D eigenvalue weighted by molar-refractivity contribution is -0.156. The fourth-order valence-electron chi connectivity index (χ4n) is 3.09. The summed E-state index contributed by atoms with van der Waals surface area (Å²) in [6, 6.07) is 1.85. The van der Waals surface area contributed by atoms with Crippen molar-refractivity contribution in [3.05, 3.63) is 0 Å². The van der Waals surface area contributed by atoms with Crippen LogP contribution in [-0.2, 0) is 9.53 Å². The highest BCUT2D eigenvalue weighted by Gasteiger charge is 2.35. The highest BCUT2D eigenvalue weighted by atomic mass is 16.6. The largest absolute Gasteiger partial charge is 0.459 e. The summed E-state index contributed by atoms with van der Waals surface area (Å²) in [6.45, 7) is 6.14. The van der Waals surface area contributed by atoms with Crippen molar-refractivity contribution >= 4 is 5.97 Å². The third-order valence-electron chi connectivity index (χ3n) is 3.87. The SMILES string of the molecule is CN(CC(=O)OC(C)(C)C)C1CC2CCC(C1)N2. The van der Waals surface area contributed by atoms with E-state index < -0.39 is 0 Å². The Morgan fingerprint density at radius 3 is 2.33 bits per heavy atom. The number of hydrogen-bond donors (Lipinski definition) is 1. The average Bonchev–Trinajstić information content (AvgIpc) is 2.54. The molecule has 2 unspecified atom stereocenters. The molecule has 0 saturated carbocycles. The predicted octanol–water partition coefficient (Wildman–Crippen LogP) is 1.54. The van der Waals surface area contributed by atoms with Gasteiger partial charge in [-0.25, -0.2) is 0 Å². The first-order valence-electron chi connectivity index (χ1n) is 7.01. The van der Waals surface area contributed by atoms with E-state index in [1.165, 1.54) is 12.8 Å². The van der Waals surface area contributed by atoms with Crippen LogP contribution in [0.4, 0.5) is 0 Å². The van der Waals surface area contributed by atoms with E-state index in [1.807, 2.05) is 27.8 Å². The molecule has 2 rings (SSSR count). The highest BCUT2D eigenvalue weighted by molar-refractivity contribution is 5.72. The van der Waals surface area contributed by atoms with Crippen LogP contribution in [0.5, 0.6) is 0 Å². The summed E-state index contributed by atoms with van der Waals surface area (Å²) < 4.78 is 5.37. The van der Waals surface area contributed by atoms with Crippen molar-refractivity contribution in [2.75, 3.05) is 13.6 Å². The van der Waals surface area contributed by atoms with E-state index in [2.05, 4.69) is 10.2 Å². The lowest BCUT2D eigenvalue weighted by atomic mass is 9.98. The van der Waals surface area contributed by atoms with E-state index >= 15 is 0 Å². The molecule has 0 aromatic heterocycles. The number of ether oxygens (including phenoxy) is 1. The zero-order chi connectivity index (χ0) is 13.3. The average molecular weight is 254 g/mol. The van der Waals surface area contributed by atoms with Gasteiger partial charge < -0.3 is 10.1 Å². The number of nitrogens with one attached hydrogen (secondary N) is 1. The first-order chi connectivity index (χ1) is 8.33. The Morgan fingerprint density at radius 2 is 1.83 bits per heavy atom. The van der Waals surface area contributed by atoms with Crippen molar-refractivity contribution in [2.24, 2.45) is 0 Å². The molecular formula is C14H26N2O2. The Kier molecular flexibility index (Phi) is 3.97. The number of fused-ring (bicyclic) bond motifs is 2. The van der Waals surface area contributed by atoms with Crippen molar-refractivity contribution < 1.29 is 9.53 Å². The number of carbonyl (C=O) groups is 1. The van der Waals surface area contributed by atoms with E-state index in [4.69, 9.17) is 4.74 Å². The van der Waals surface area contributed by atoms with Gasteiger partial charge in [0.1, 0.15) is 5.60 Å². The lowest BCUT2D eigenvalue weighted by Gasteiger charge is -2.35. The quantitative estimate of drug-likeness (QED) is 0.776. The Morgan fingerprint density at radius 1 is 1.28 bits per heavy atom. The van der Waals surface area contributed by atoms with Gasteiger partial charge in [0.15, 0.2) is 0 Å². The van der Waals surface area contributed by atoms with Crippen LogP contribution in [-0.4, -0.2) is 48.2 Å². The number of piperidine rings is 1. The molecule has 2 aliphatic rings. The maximum absolute atomic E-state index is 11.8. The fraction of sp³-hybridized carbons (Fsp3) is 0.929. The predicted molar refractivity (Wildman–Crippen MR) is 71.4 cm³/mol. The van der Waals surface area contributed by atoms with Crippen molar-refractivity contribution in [3.8, 4) is 0 Å². The summed E-state index contributed by atoms with van der Waals surface area (Å²) in [7, 11) is 2.04. The molecule has 2 bridgehead atoms. The summed E-state index contributed by atoms with van der Waals surface area (Å²) in [5, 5.41) is 3.62. The molecule has 1 N–H and O–H groups in total. The van der Waals surface area contributed by atoms with Crippen molar-refractivity contribution in [2.45, 2.75) is 70.2 Å².